The molecule has 2 rings (SSSR count). The fourth-order valence-corrected chi connectivity index (χ4v) is 2.23. The minimum absolute atomic E-state index is 0.323. The first-order chi connectivity index (χ1) is 7.72. The van der Waals surface area contributed by atoms with Crippen LogP contribution < -0.4 is 5.32 Å². The summed E-state index contributed by atoms with van der Waals surface area (Å²) in [5.74, 6) is 0.324. The molecule has 0 radical (unpaired) electrons. The molecule has 1 unspecified atom stereocenters. The van der Waals surface area contributed by atoms with Crippen LogP contribution in [0.1, 0.15) is 47.0 Å². The standard InChI is InChI=1S/C9H16N2O.2C2H6/c1-11-5-3-9(6-8(11)12)2-4-10-7-9;2*1-2/h10H,2-7H2,1H3;2*1-2H3. The molecular weight excluding hydrogens is 200 g/mol. The van der Waals surface area contributed by atoms with Crippen LogP contribution in [-0.4, -0.2) is 37.5 Å². The van der Waals surface area contributed by atoms with Crippen LogP contribution >= 0.6 is 0 Å². The van der Waals surface area contributed by atoms with Gasteiger partial charge >= 0.3 is 0 Å². The normalized spacial score (nSPS) is 28.1. The molecule has 2 aliphatic heterocycles. The second-order valence-electron chi connectivity index (χ2n) is 4.17. The van der Waals surface area contributed by atoms with E-state index in [-0.39, 0.29) is 0 Å². The van der Waals surface area contributed by atoms with Gasteiger partial charge in [0.25, 0.3) is 0 Å². The van der Waals surface area contributed by atoms with Gasteiger partial charge in [-0.1, -0.05) is 27.7 Å². The quantitative estimate of drug-likeness (QED) is 0.690. The molecule has 0 aliphatic carbocycles. The lowest BCUT2D eigenvalue weighted by Gasteiger charge is -2.36. The first kappa shape index (κ1) is 15.4. The van der Waals surface area contributed by atoms with Crippen LogP contribution in [0.5, 0.6) is 0 Å². The van der Waals surface area contributed by atoms with Crippen LogP contribution in [0.15, 0.2) is 0 Å². The van der Waals surface area contributed by atoms with Crippen molar-refractivity contribution >= 4 is 5.91 Å². The lowest BCUT2D eigenvalue weighted by Crippen LogP contribution is -2.42. The Labute approximate surface area is 101 Å². The fourth-order valence-electron chi connectivity index (χ4n) is 2.23. The number of rotatable bonds is 0. The van der Waals surface area contributed by atoms with Gasteiger partial charge in [0.2, 0.25) is 5.91 Å². The molecule has 1 amide bonds. The molecule has 2 saturated heterocycles. The number of hydrogen-bond acceptors (Lipinski definition) is 2. The monoisotopic (exact) mass is 228 g/mol. The lowest BCUT2D eigenvalue weighted by molar-refractivity contribution is -0.135. The fraction of sp³-hybridized carbons (Fsp3) is 0.923. The molecule has 1 atom stereocenters. The van der Waals surface area contributed by atoms with Crippen LogP contribution in [0.4, 0.5) is 0 Å². The van der Waals surface area contributed by atoms with Gasteiger partial charge in [-0.3, -0.25) is 4.79 Å². The molecular formula is C13H28N2O. The van der Waals surface area contributed by atoms with Crippen molar-refractivity contribution in [2.75, 3.05) is 26.7 Å². The molecule has 0 saturated carbocycles. The molecule has 1 spiro atoms. The van der Waals surface area contributed by atoms with Crippen LogP contribution in [0.2, 0.25) is 0 Å². The van der Waals surface area contributed by atoms with E-state index in [0.29, 0.717) is 11.3 Å². The highest BCUT2D eigenvalue weighted by atomic mass is 16.2. The number of carbonyl (C=O) groups excluding carboxylic acids is 1. The van der Waals surface area contributed by atoms with Crippen LogP contribution in [-0.2, 0) is 4.79 Å². The summed E-state index contributed by atoms with van der Waals surface area (Å²) < 4.78 is 0. The number of nitrogens with one attached hydrogen (secondary N) is 1. The molecule has 0 bridgehead atoms. The van der Waals surface area contributed by atoms with Crippen molar-refractivity contribution < 1.29 is 4.79 Å². The van der Waals surface area contributed by atoms with E-state index in [4.69, 9.17) is 0 Å². The Kier molecular flexibility index (Phi) is 7.39. The third-order valence-corrected chi connectivity index (χ3v) is 3.26. The highest BCUT2D eigenvalue weighted by Gasteiger charge is 2.39. The maximum Gasteiger partial charge on any atom is 0.222 e. The zero-order valence-corrected chi connectivity index (χ0v) is 11.6. The maximum atomic E-state index is 11.5. The summed E-state index contributed by atoms with van der Waals surface area (Å²) in [4.78, 5) is 13.3. The zero-order valence-electron chi connectivity index (χ0n) is 11.6. The molecule has 3 heteroatoms. The Balaban J connectivity index is 0.000000509. The molecule has 0 aromatic rings. The van der Waals surface area contributed by atoms with Crippen molar-refractivity contribution in [2.45, 2.75) is 47.0 Å². The Bertz CT molecular complexity index is 198. The van der Waals surface area contributed by atoms with E-state index in [2.05, 4.69) is 5.32 Å². The van der Waals surface area contributed by atoms with Crippen molar-refractivity contribution in [3.05, 3.63) is 0 Å². The molecule has 0 aromatic carbocycles. The number of carbonyl (C=O) groups is 1. The van der Waals surface area contributed by atoms with E-state index in [1.807, 2.05) is 39.6 Å². The third-order valence-electron chi connectivity index (χ3n) is 3.26. The van der Waals surface area contributed by atoms with Crippen LogP contribution in [0, 0.1) is 5.41 Å². The second kappa shape index (κ2) is 7.66. The number of likely N-dealkylation sites (tertiary alicyclic amines) is 1. The highest BCUT2D eigenvalue weighted by molar-refractivity contribution is 5.77. The predicted octanol–water partition coefficient (Wildman–Crippen LogP) is 2.27. The summed E-state index contributed by atoms with van der Waals surface area (Å²) in [5.41, 5.74) is 0.323. The molecule has 1 N–H and O–H groups in total. The number of nitrogens with zero attached hydrogens (tertiary/aromatic N) is 1. The van der Waals surface area contributed by atoms with Gasteiger partial charge in [0.15, 0.2) is 0 Å². The molecule has 0 aromatic heterocycles. The smallest absolute Gasteiger partial charge is 0.222 e. The number of hydrogen-bond donors (Lipinski definition) is 1. The van der Waals surface area contributed by atoms with Crippen LogP contribution in [0.3, 0.4) is 0 Å². The van der Waals surface area contributed by atoms with Gasteiger partial charge in [-0.25, -0.2) is 0 Å². The van der Waals surface area contributed by atoms with E-state index < -0.39 is 0 Å². The number of piperidine rings is 1. The van der Waals surface area contributed by atoms with E-state index in [1.165, 1.54) is 12.8 Å². The van der Waals surface area contributed by atoms with Crippen molar-refractivity contribution in [3.63, 3.8) is 0 Å². The largest absolute Gasteiger partial charge is 0.346 e. The van der Waals surface area contributed by atoms with E-state index >= 15 is 0 Å². The minimum atomic E-state index is 0.323. The Morgan fingerprint density at radius 3 is 2.25 bits per heavy atom. The first-order valence-corrected chi connectivity index (χ1v) is 6.67. The Morgan fingerprint density at radius 1 is 1.19 bits per heavy atom. The lowest BCUT2D eigenvalue weighted by atomic mass is 9.77. The van der Waals surface area contributed by atoms with Gasteiger partial charge in [-0.15, -0.1) is 0 Å². The molecule has 2 aliphatic rings. The SMILES string of the molecule is CC.CC.CN1CCC2(CCNC2)CC1=O. The van der Waals surface area contributed by atoms with Gasteiger partial charge < -0.3 is 10.2 Å². The van der Waals surface area contributed by atoms with Crippen LogP contribution in [0.25, 0.3) is 0 Å². The average molecular weight is 228 g/mol. The summed E-state index contributed by atoms with van der Waals surface area (Å²) in [6.07, 6.45) is 3.13. The van der Waals surface area contributed by atoms with Crippen molar-refractivity contribution in [1.82, 2.24) is 10.2 Å². The average Bonchev–Trinajstić information content (AvgIpc) is 2.78. The minimum Gasteiger partial charge on any atom is -0.346 e. The molecule has 3 nitrogen and oxygen atoms in total. The van der Waals surface area contributed by atoms with Crippen molar-refractivity contribution in [3.8, 4) is 0 Å². The molecule has 96 valence electrons. The Hall–Kier alpha value is -0.570. The summed E-state index contributed by atoms with van der Waals surface area (Å²) in [6, 6.07) is 0. The van der Waals surface area contributed by atoms with Gasteiger partial charge in [0.05, 0.1) is 0 Å². The van der Waals surface area contributed by atoms with Gasteiger partial charge in [0.1, 0.15) is 0 Å². The summed E-state index contributed by atoms with van der Waals surface area (Å²) in [7, 11) is 1.90. The topological polar surface area (TPSA) is 32.3 Å². The van der Waals surface area contributed by atoms with Crippen molar-refractivity contribution in [2.24, 2.45) is 5.41 Å². The summed E-state index contributed by atoms with van der Waals surface area (Å²) in [6.45, 7) is 11.1. The van der Waals surface area contributed by atoms with E-state index in [1.54, 1.807) is 0 Å². The van der Waals surface area contributed by atoms with Crippen molar-refractivity contribution in [1.29, 1.82) is 0 Å². The number of amides is 1. The Morgan fingerprint density at radius 2 is 1.81 bits per heavy atom. The molecule has 2 fully saturated rings. The predicted molar refractivity (Wildman–Crippen MR) is 69.5 cm³/mol. The third kappa shape index (κ3) is 3.78. The second-order valence-corrected chi connectivity index (χ2v) is 4.17. The van der Waals surface area contributed by atoms with Gasteiger partial charge in [-0.2, -0.15) is 0 Å². The molecule has 16 heavy (non-hydrogen) atoms. The highest BCUT2D eigenvalue weighted by Crippen LogP contribution is 2.36. The maximum absolute atomic E-state index is 11.5. The van der Waals surface area contributed by atoms with Gasteiger partial charge in [0, 0.05) is 26.6 Å². The molecule has 2 heterocycles. The van der Waals surface area contributed by atoms with Gasteiger partial charge in [-0.05, 0) is 24.8 Å². The first-order valence-electron chi connectivity index (χ1n) is 6.67. The summed E-state index contributed by atoms with van der Waals surface area (Å²) >= 11 is 0. The zero-order chi connectivity index (χ0) is 12.6. The van der Waals surface area contributed by atoms with E-state index in [9.17, 15) is 4.79 Å². The summed E-state index contributed by atoms with van der Waals surface area (Å²) in [5, 5.41) is 3.35. The van der Waals surface area contributed by atoms with E-state index in [0.717, 1.165) is 26.1 Å².